The van der Waals surface area contributed by atoms with Crippen molar-refractivity contribution >= 4 is 0 Å². The molecule has 0 amide bonds. The molecule has 3 nitrogen and oxygen atoms in total. The molecule has 0 atom stereocenters. The molecule has 1 aromatic heterocycles. The average molecular weight is 216 g/mol. The number of nitrogens with zero attached hydrogens (tertiary/aromatic N) is 2. The lowest BCUT2D eigenvalue weighted by Gasteiger charge is -2.09. The second-order valence-electron chi connectivity index (χ2n) is 3.81. The maximum Gasteiger partial charge on any atom is 0.0715 e. The van der Waals surface area contributed by atoms with Crippen LogP contribution >= 0.6 is 0 Å². The number of benzene rings is 1. The van der Waals surface area contributed by atoms with Crippen molar-refractivity contribution in [3.63, 3.8) is 0 Å². The molecule has 2 aromatic rings. The number of aryl methyl sites for hydroxylation is 1. The SMILES string of the molecule is CCc1ccccc1-n1ncc(CO)c1C. The van der Waals surface area contributed by atoms with E-state index >= 15 is 0 Å². The van der Waals surface area contributed by atoms with Crippen LogP contribution in [0.3, 0.4) is 0 Å². The van der Waals surface area contributed by atoms with Crippen molar-refractivity contribution in [2.75, 3.05) is 0 Å². The predicted octanol–water partition coefficient (Wildman–Crippen LogP) is 2.24. The van der Waals surface area contributed by atoms with Gasteiger partial charge in [-0.05, 0) is 25.0 Å². The Bertz CT molecular complexity index is 488. The van der Waals surface area contributed by atoms with Crippen LogP contribution in [0.1, 0.15) is 23.7 Å². The zero-order chi connectivity index (χ0) is 11.5. The summed E-state index contributed by atoms with van der Waals surface area (Å²) in [6.45, 7) is 4.15. The standard InChI is InChI=1S/C13H16N2O/c1-3-11-6-4-5-7-13(11)15-10(2)12(9-16)8-14-15/h4-8,16H,3,9H2,1-2H3. The van der Waals surface area contributed by atoms with E-state index in [1.165, 1.54) is 5.56 Å². The van der Waals surface area contributed by atoms with Gasteiger partial charge < -0.3 is 5.11 Å². The molecule has 3 heteroatoms. The van der Waals surface area contributed by atoms with Crippen molar-refractivity contribution in [2.24, 2.45) is 0 Å². The Morgan fingerprint density at radius 3 is 2.62 bits per heavy atom. The largest absolute Gasteiger partial charge is 0.392 e. The maximum atomic E-state index is 9.15. The van der Waals surface area contributed by atoms with Gasteiger partial charge in [0.2, 0.25) is 0 Å². The minimum absolute atomic E-state index is 0.0418. The van der Waals surface area contributed by atoms with Gasteiger partial charge in [0.05, 0.1) is 18.5 Å². The van der Waals surface area contributed by atoms with Crippen LogP contribution < -0.4 is 0 Å². The highest BCUT2D eigenvalue weighted by Crippen LogP contribution is 2.18. The van der Waals surface area contributed by atoms with E-state index < -0.39 is 0 Å². The van der Waals surface area contributed by atoms with Crippen molar-refractivity contribution in [2.45, 2.75) is 26.9 Å². The molecular weight excluding hydrogens is 200 g/mol. The van der Waals surface area contributed by atoms with E-state index in [0.717, 1.165) is 23.4 Å². The van der Waals surface area contributed by atoms with Crippen molar-refractivity contribution in [3.8, 4) is 5.69 Å². The van der Waals surface area contributed by atoms with Gasteiger partial charge in [-0.2, -0.15) is 5.10 Å². The monoisotopic (exact) mass is 216 g/mol. The molecular formula is C13H16N2O. The van der Waals surface area contributed by atoms with E-state index in [1.54, 1.807) is 6.20 Å². The second kappa shape index (κ2) is 4.49. The van der Waals surface area contributed by atoms with E-state index in [9.17, 15) is 0 Å². The van der Waals surface area contributed by atoms with Crippen molar-refractivity contribution in [3.05, 3.63) is 47.3 Å². The average Bonchev–Trinajstić information content (AvgIpc) is 2.70. The number of hydrogen-bond donors (Lipinski definition) is 1. The molecule has 1 aromatic carbocycles. The summed E-state index contributed by atoms with van der Waals surface area (Å²) in [6.07, 6.45) is 2.70. The van der Waals surface area contributed by atoms with Gasteiger partial charge >= 0.3 is 0 Å². The highest BCUT2D eigenvalue weighted by molar-refractivity contribution is 5.42. The Balaban J connectivity index is 2.54. The summed E-state index contributed by atoms with van der Waals surface area (Å²) in [4.78, 5) is 0. The van der Waals surface area contributed by atoms with Crippen LogP contribution in [-0.4, -0.2) is 14.9 Å². The Hall–Kier alpha value is -1.61. The molecule has 0 aliphatic rings. The maximum absolute atomic E-state index is 9.15. The highest BCUT2D eigenvalue weighted by Gasteiger charge is 2.09. The lowest BCUT2D eigenvalue weighted by atomic mass is 10.1. The minimum Gasteiger partial charge on any atom is -0.392 e. The first-order chi connectivity index (χ1) is 7.77. The zero-order valence-electron chi connectivity index (χ0n) is 9.64. The van der Waals surface area contributed by atoms with Crippen LogP contribution in [0.2, 0.25) is 0 Å². The van der Waals surface area contributed by atoms with E-state index in [-0.39, 0.29) is 6.61 Å². The van der Waals surface area contributed by atoms with Crippen LogP contribution in [-0.2, 0) is 13.0 Å². The normalized spacial score (nSPS) is 10.7. The fourth-order valence-corrected chi connectivity index (χ4v) is 1.86. The summed E-state index contributed by atoms with van der Waals surface area (Å²) in [5, 5.41) is 13.5. The van der Waals surface area contributed by atoms with Gasteiger partial charge in [0.1, 0.15) is 0 Å². The number of aliphatic hydroxyl groups is 1. The second-order valence-corrected chi connectivity index (χ2v) is 3.81. The summed E-state index contributed by atoms with van der Waals surface area (Å²) >= 11 is 0. The fourth-order valence-electron chi connectivity index (χ4n) is 1.86. The highest BCUT2D eigenvalue weighted by atomic mass is 16.3. The van der Waals surface area contributed by atoms with Gasteiger partial charge in [0.15, 0.2) is 0 Å². The molecule has 2 rings (SSSR count). The van der Waals surface area contributed by atoms with Crippen LogP contribution in [0.4, 0.5) is 0 Å². The third-order valence-corrected chi connectivity index (χ3v) is 2.88. The molecule has 0 unspecified atom stereocenters. The quantitative estimate of drug-likeness (QED) is 0.854. The number of aromatic nitrogens is 2. The number of aliphatic hydroxyl groups excluding tert-OH is 1. The third kappa shape index (κ3) is 1.74. The van der Waals surface area contributed by atoms with Crippen LogP contribution in [0.15, 0.2) is 30.5 Å². The lowest BCUT2D eigenvalue weighted by molar-refractivity contribution is 0.281. The Labute approximate surface area is 95.3 Å². The van der Waals surface area contributed by atoms with Gasteiger partial charge in [-0.15, -0.1) is 0 Å². The van der Waals surface area contributed by atoms with Crippen LogP contribution in [0.5, 0.6) is 0 Å². The van der Waals surface area contributed by atoms with Crippen molar-refractivity contribution in [1.29, 1.82) is 0 Å². The van der Waals surface area contributed by atoms with E-state index in [0.29, 0.717) is 0 Å². The van der Waals surface area contributed by atoms with Gasteiger partial charge in [-0.3, -0.25) is 0 Å². The molecule has 0 spiro atoms. The summed E-state index contributed by atoms with van der Waals surface area (Å²) in [6, 6.07) is 8.21. The molecule has 0 saturated heterocycles. The molecule has 1 heterocycles. The third-order valence-electron chi connectivity index (χ3n) is 2.88. The molecule has 16 heavy (non-hydrogen) atoms. The molecule has 84 valence electrons. The number of para-hydroxylation sites is 1. The first kappa shape index (κ1) is 10.9. The molecule has 0 saturated carbocycles. The number of hydrogen-bond acceptors (Lipinski definition) is 2. The van der Waals surface area contributed by atoms with Gasteiger partial charge in [-0.25, -0.2) is 4.68 Å². The van der Waals surface area contributed by atoms with Crippen LogP contribution in [0, 0.1) is 6.92 Å². The fraction of sp³-hybridized carbons (Fsp3) is 0.308. The Morgan fingerprint density at radius 2 is 2.00 bits per heavy atom. The Kier molecular flexibility index (Phi) is 3.06. The predicted molar refractivity (Wildman–Crippen MR) is 63.6 cm³/mol. The van der Waals surface area contributed by atoms with Gasteiger partial charge in [-0.1, -0.05) is 25.1 Å². The molecule has 0 bridgehead atoms. The van der Waals surface area contributed by atoms with Crippen molar-refractivity contribution in [1.82, 2.24) is 9.78 Å². The molecule has 0 aliphatic heterocycles. The lowest BCUT2D eigenvalue weighted by Crippen LogP contribution is -2.03. The summed E-state index contributed by atoms with van der Waals surface area (Å²) in [7, 11) is 0. The smallest absolute Gasteiger partial charge is 0.0715 e. The minimum atomic E-state index is 0.0418. The van der Waals surface area contributed by atoms with Crippen LogP contribution in [0.25, 0.3) is 5.69 Å². The molecule has 1 N–H and O–H groups in total. The van der Waals surface area contributed by atoms with E-state index in [1.807, 2.05) is 23.7 Å². The topological polar surface area (TPSA) is 38.0 Å². The zero-order valence-corrected chi connectivity index (χ0v) is 9.64. The summed E-state index contributed by atoms with van der Waals surface area (Å²) in [5.74, 6) is 0. The Morgan fingerprint density at radius 1 is 1.25 bits per heavy atom. The summed E-state index contributed by atoms with van der Waals surface area (Å²) < 4.78 is 1.89. The molecule has 0 fully saturated rings. The van der Waals surface area contributed by atoms with E-state index in [4.69, 9.17) is 5.11 Å². The number of rotatable bonds is 3. The molecule has 0 aliphatic carbocycles. The van der Waals surface area contributed by atoms with E-state index in [2.05, 4.69) is 24.2 Å². The van der Waals surface area contributed by atoms with Crippen molar-refractivity contribution < 1.29 is 5.11 Å². The first-order valence-corrected chi connectivity index (χ1v) is 5.50. The summed E-state index contributed by atoms with van der Waals surface area (Å²) in [5.41, 5.74) is 4.25. The first-order valence-electron chi connectivity index (χ1n) is 5.50. The van der Waals surface area contributed by atoms with Gasteiger partial charge in [0.25, 0.3) is 0 Å². The molecule has 0 radical (unpaired) electrons. The van der Waals surface area contributed by atoms with Gasteiger partial charge in [0, 0.05) is 11.3 Å².